The number of halogens is 1. The van der Waals surface area contributed by atoms with Gasteiger partial charge in [-0.15, -0.1) is 0 Å². The molecule has 0 saturated heterocycles. The van der Waals surface area contributed by atoms with Crippen LogP contribution in [0.3, 0.4) is 0 Å². The van der Waals surface area contributed by atoms with E-state index in [1.165, 1.54) is 20.4 Å². The van der Waals surface area contributed by atoms with E-state index in [2.05, 4.69) is 39.7 Å². The minimum atomic E-state index is -0.388. The van der Waals surface area contributed by atoms with Gasteiger partial charge < -0.3 is 18.9 Å². The van der Waals surface area contributed by atoms with Gasteiger partial charge in [0.15, 0.2) is 11.5 Å². The number of carbonyl (C=O) groups excluding carboxylic acids is 1. The first-order chi connectivity index (χ1) is 13.5. The Bertz CT molecular complexity index is 861. The van der Waals surface area contributed by atoms with Crippen molar-refractivity contribution in [3.8, 4) is 23.0 Å². The summed E-state index contributed by atoms with van der Waals surface area (Å²) < 4.78 is 22.2. The lowest BCUT2D eigenvalue weighted by Gasteiger charge is -2.12. The molecule has 0 fully saturated rings. The van der Waals surface area contributed by atoms with E-state index in [0.717, 1.165) is 9.13 Å². The van der Waals surface area contributed by atoms with Crippen LogP contribution in [0.5, 0.6) is 23.0 Å². The van der Waals surface area contributed by atoms with E-state index >= 15 is 0 Å². The number of ether oxygens (including phenoxy) is 4. The van der Waals surface area contributed by atoms with E-state index in [9.17, 15) is 4.79 Å². The molecule has 8 heteroatoms. The lowest BCUT2D eigenvalue weighted by Crippen LogP contribution is -2.17. The molecule has 28 heavy (non-hydrogen) atoms. The number of hydrazone groups is 1. The molecule has 0 atom stereocenters. The number of hydrogen-bond donors (Lipinski definition) is 1. The summed E-state index contributed by atoms with van der Waals surface area (Å²) in [5.41, 5.74) is 3.60. The van der Waals surface area contributed by atoms with Crippen LogP contribution in [0.1, 0.15) is 15.9 Å². The maximum Gasteiger partial charge on any atom is 0.271 e. The van der Waals surface area contributed by atoms with Crippen LogP contribution in [0.25, 0.3) is 0 Å². The highest BCUT2D eigenvalue weighted by molar-refractivity contribution is 14.1. The number of hydrogen-bond acceptors (Lipinski definition) is 6. The second-order valence-corrected chi connectivity index (χ2v) is 6.60. The third kappa shape index (κ3) is 5.62. The van der Waals surface area contributed by atoms with E-state index in [1.54, 1.807) is 37.5 Å². The molecule has 0 aliphatic heterocycles. The number of nitrogens with zero attached hydrogens (tertiary/aromatic N) is 1. The zero-order valence-electron chi connectivity index (χ0n) is 15.8. The van der Waals surface area contributed by atoms with Crippen LogP contribution in [0.2, 0.25) is 0 Å². The molecule has 0 unspecified atom stereocenters. The summed E-state index contributed by atoms with van der Waals surface area (Å²) in [5, 5.41) is 4.02. The van der Waals surface area contributed by atoms with Crippen molar-refractivity contribution >= 4 is 34.7 Å². The van der Waals surface area contributed by atoms with Crippen LogP contribution < -0.4 is 24.4 Å². The Morgan fingerprint density at radius 3 is 2.36 bits per heavy atom. The molecule has 148 valence electrons. The number of nitrogens with one attached hydrogen (secondary N) is 1. The molecule has 7 nitrogen and oxygen atoms in total. The van der Waals surface area contributed by atoms with Gasteiger partial charge in [0.05, 0.1) is 31.1 Å². The maximum absolute atomic E-state index is 12.3. The Labute approximate surface area is 177 Å². The van der Waals surface area contributed by atoms with E-state index in [0.29, 0.717) is 35.2 Å². The zero-order valence-corrected chi connectivity index (χ0v) is 18.0. The van der Waals surface area contributed by atoms with Crippen LogP contribution in [-0.2, 0) is 0 Å². The summed E-state index contributed by atoms with van der Waals surface area (Å²) in [6, 6.07) is 8.52. The molecule has 0 aliphatic rings. The predicted octanol–water partition coefficient (Wildman–Crippen LogP) is 3.65. The standard InChI is InChI=1S/C20H21IN2O5/c1-5-6-28-19-17(21)7-13(8-18(19)27-4)12-22-23-20(24)14-9-15(25-2)11-16(10-14)26-3/h5,7-12H,1,6H2,2-4H3,(H,23,24)/b22-12-. The van der Waals surface area contributed by atoms with Gasteiger partial charge in [-0.3, -0.25) is 4.79 Å². The molecule has 0 radical (unpaired) electrons. The van der Waals surface area contributed by atoms with Crippen molar-refractivity contribution < 1.29 is 23.7 Å². The van der Waals surface area contributed by atoms with Gasteiger partial charge in [-0.05, 0) is 52.4 Å². The van der Waals surface area contributed by atoms with E-state index < -0.39 is 0 Å². The fraction of sp³-hybridized carbons (Fsp3) is 0.200. The third-order valence-corrected chi connectivity index (χ3v) is 4.39. The molecular weight excluding hydrogens is 475 g/mol. The van der Waals surface area contributed by atoms with Crippen molar-refractivity contribution in [1.29, 1.82) is 0 Å². The second kappa shape index (κ2) is 10.5. The smallest absolute Gasteiger partial charge is 0.271 e. The van der Waals surface area contributed by atoms with Crippen LogP contribution in [0.15, 0.2) is 48.1 Å². The Morgan fingerprint density at radius 2 is 1.79 bits per heavy atom. The molecule has 0 aliphatic carbocycles. The summed E-state index contributed by atoms with van der Waals surface area (Å²) in [6.45, 7) is 4.01. The summed E-state index contributed by atoms with van der Waals surface area (Å²) in [7, 11) is 4.60. The van der Waals surface area contributed by atoms with Gasteiger partial charge in [0, 0.05) is 11.6 Å². The Balaban J connectivity index is 2.15. The van der Waals surface area contributed by atoms with Gasteiger partial charge in [-0.25, -0.2) is 5.43 Å². The molecule has 0 heterocycles. The summed E-state index contributed by atoms with van der Waals surface area (Å²) in [5.74, 6) is 1.85. The van der Waals surface area contributed by atoms with Crippen molar-refractivity contribution in [3.63, 3.8) is 0 Å². The molecule has 2 aromatic rings. The lowest BCUT2D eigenvalue weighted by atomic mass is 10.2. The SMILES string of the molecule is C=CCOc1c(I)cc(/C=N\NC(=O)c2cc(OC)cc(OC)c2)cc1OC. The van der Waals surface area contributed by atoms with Gasteiger partial charge in [0.1, 0.15) is 18.1 Å². The lowest BCUT2D eigenvalue weighted by molar-refractivity contribution is 0.0954. The predicted molar refractivity (Wildman–Crippen MR) is 116 cm³/mol. The van der Waals surface area contributed by atoms with E-state index in [-0.39, 0.29) is 5.91 Å². The van der Waals surface area contributed by atoms with Crippen molar-refractivity contribution in [2.24, 2.45) is 5.10 Å². The molecular formula is C20H21IN2O5. The fourth-order valence-electron chi connectivity index (χ4n) is 2.27. The first kappa shape index (κ1) is 21.5. The Morgan fingerprint density at radius 1 is 1.11 bits per heavy atom. The first-order valence-corrected chi connectivity index (χ1v) is 9.28. The van der Waals surface area contributed by atoms with Gasteiger partial charge in [-0.2, -0.15) is 5.10 Å². The second-order valence-electron chi connectivity index (χ2n) is 5.43. The van der Waals surface area contributed by atoms with Gasteiger partial charge in [0.2, 0.25) is 0 Å². The van der Waals surface area contributed by atoms with Crippen LogP contribution in [0.4, 0.5) is 0 Å². The number of carbonyl (C=O) groups is 1. The molecule has 2 rings (SSSR count). The monoisotopic (exact) mass is 496 g/mol. The number of benzene rings is 2. The molecule has 1 N–H and O–H groups in total. The first-order valence-electron chi connectivity index (χ1n) is 8.20. The third-order valence-electron chi connectivity index (χ3n) is 3.59. The average Bonchev–Trinajstić information content (AvgIpc) is 2.71. The molecule has 0 spiro atoms. The summed E-state index contributed by atoms with van der Waals surface area (Å²) in [6.07, 6.45) is 3.19. The Kier molecular flexibility index (Phi) is 8.12. The highest BCUT2D eigenvalue weighted by atomic mass is 127. The van der Waals surface area contributed by atoms with Gasteiger partial charge in [-0.1, -0.05) is 12.7 Å². The normalized spacial score (nSPS) is 10.4. The minimum absolute atomic E-state index is 0.369. The largest absolute Gasteiger partial charge is 0.497 e. The van der Waals surface area contributed by atoms with Crippen LogP contribution >= 0.6 is 22.6 Å². The average molecular weight is 496 g/mol. The quantitative estimate of drug-likeness (QED) is 0.248. The van der Waals surface area contributed by atoms with Crippen molar-refractivity contribution in [2.45, 2.75) is 0 Å². The van der Waals surface area contributed by atoms with E-state index in [4.69, 9.17) is 18.9 Å². The Hall–Kier alpha value is -2.75. The number of amides is 1. The molecule has 0 saturated carbocycles. The van der Waals surface area contributed by atoms with E-state index in [1.807, 2.05) is 6.07 Å². The number of methoxy groups -OCH3 is 3. The topological polar surface area (TPSA) is 78.4 Å². The number of rotatable bonds is 9. The fourth-order valence-corrected chi connectivity index (χ4v) is 3.05. The van der Waals surface area contributed by atoms with Gasteiger partial charge >= 0.3 is 0 Å². The molecule has 2 aromatic carbocycles. The molecule has 0 bridgehead atoms. The maximum atomic E-state index is 12.3. The molecule has 0 aromatic heterocycles. The molecule has 1 amide bonds. The van der Waals surface area contributed by atoms with Crippen molar-refractivity contribution in [3.05, 3.63) is 57.7 Å². The van der Waals surface area contributed by atoms with Gasteiger partial charge in [0.25, 0.3) is 5.91 Å². The zero-order chi connectivity index (χ0) is 20.5. The van der Waals surface area contributed by atoms with Crippen molar-refractivity contribution in [2.75, 3.05) is 27.9 Å². The highest BCUT2D eigenvalue weighted by Gasteiger charge is 2.11. The summed E-state index contributed by atoms with van der Waals surface area (Å²) in [4.78, 5) is 12.3. The minimum Gasteiger partial charge on any atom is -0.497 e. The highest BCUT2D eigenvalue weighted by Crippen LogP contribution is 2.33. The van der Waals surface area contributed by atoms with Crippen LogP contribution in [0, 0.1) is 3.57 Å². The summed E-state index contributed by atoms with van der Waals surface area (Å²) >= 11 is 2.15. The van der Waals surface area contributed by atoms with Crippen LogP contribution in [-0.4, -0.2) is 40.1 Å². The van der Waals surface area contributed by atoms with Crippen molar-refractivity contribution in [1.82, 2.24) is 5.43 Å².